The first-order valence-electron chi connectivity index (χ1n) is 11.9. The zero-order valence-electron chi connectivity index (χ0n) is 21.0. The molecule has 2 aliphatic rings. The van der Waals surface area contributed by atoms with Crippen LogP contribution in [-0.4, -0.2) is 67.9 Å². The van der Waals surface area contributed by atoms with Gasteiger partial charge in [0.15, 0.2) is 11.4 Å². The Bertz CT molecular complexity index is 1360. The van der Waals surface area contributed by atoms with E-state index in [1.807, 2.05) is 13.8 Å². The number of hydrogen-bond acceptors (Lipinski definition) is 6. The van der Waals surface area contributed by atoms with Crippen molar-refractivity contribution in [3.8, 4) is 5.75 Å². The van der Waals surface area contributed by atoms with E-state index < -0.39 is 45.5 Å². The molecule has 0 radical (unpaired) electrons. The van der Waals surface area contributed by atoms with E-state index in [-0.39, 0.29) is 42.0 Å². The van der Waals surface area contributed by atoms with Gasteiger partial charge in [0.25, 0.3) is 5.91 Å². The third-order valence-corrected chi connectivity index (χ3v) is 7.85. The number of nitrogens with one attached hydrogen (secondary N) is 3. The number of benzene rings is 1. The third-order valence-electron chi connectivity index (χ3n) is 6.36. The smallest absolute Gasteiger partial charge is 0.311 e. The van der Waals surface area contributed by atoms with Crippen LogP contribution >= 0.6 is 0 Å². The van der Waals surface area contributed by atoms with Gasteiger partial charge in [-0.3, -0.25) is 14.4 Å². The molecule has 3 heterocycles. The van der Waals surface area contributed by atoms with Crippen molar-refractivity contribution in [3.63, 3.8) is 0 Å². The summed E-state index contributed by atoms with van der Waals surface area (Å²) >= 11 is 0. The monoisotopic (exact) mass is 535 g/mol. The molecule has 2 aromatic rings. The second-order valence-corrected chi connectivity index (χ2v) is 11.5. The third kappa shape index (κ3) is 5.47. The first-order valence-corrected chi connectivity index (χ1v) is 13.3. The summed E-state index contributed by atoms with van der Waals surface area (Å²) in [5.41, 5.74) is 0.651. The Hall–Kier alpha value is -3.45. The normalized spacial score (nSPS) is 20.3. The van der Waals surface area contributed by atoms with Gasteiger partial charge >= 0.3 is 11.8 Å². The molecule has 2 aliphatic heterocycles. The Morgan fingerprint density at radius 3 is 2.65 bits per heavy atom. The van der Waals surface area contributed by atoms with Gasteiger partial charge in [-0.15, -0.1) is 0 Å². The minimum absolute atomic E-state index is 0.0114. The zero-order chi connectivity index (χ0) is 27.1. The van der Waals surface area contributed by atoms with Crippen LogP contribution in [0.2, 0.25) is 0 Å². The van der Waals surface area contributed by atoms with E-state index >= 15 is 0 Å². The number of nitrogens with zero attached hydrogens (tertiary/aromatic N) is 2. The van der Waals surface area contributed by atoms with E-state index in [1.165, 1.54) is 40.9 Å². The average Bonchev–Trinajstić information content (AvgIpc) is 3.37. The lowest BCUT2D eigenvalue weighted by molar-refractivity contribution is -0.145. The molecule has 1 aromatic heterocycles. The molecule has 11 nitrogen and oxygen atoms in total. The number of halogens is 1. The molecular weight excluding hydrogens is 505 g/mol. The van der Waals surface area contributed by atoms with Gasteiger partial charge in [-0.2, -0.15) is 0 Å². The molecule has 2 atom stereocenters. The molecule has 1 aromatic carbocycles. The predicted octanol–water partition coefficient (Wildman–Crippen LogP) is 0.995. The second-order valence-electron chi connectivity index (χ2n) is 9.81. The quantitative estimate of drug-likeness (QED) is 0.499. The van der Waals surface area contributed by atoms with Crippen molar-refractivity contribution in [3.05, 3.63) is 41.5 Å². The van der Waals surface area contributed by atoms with Crippen LogP contribution in [-0.2, 0) is 26.7 Å². The summed E-state index contributed by atoms with van der Waals surface area (Å²) in [5, 5.41) is 5.22. The highest BCUT2D eigenvalue weighted by atomic mass is 32.2. The van der Waals surface area contributed by atoms with Crippen molar-refractivity contribution in [2.45, 2.75) is 31.7 Å². The van der Waals surface area contributed by atoms with E-state index in [9.17, 15) is 27.2 Å². The summed E-state index contributed by atoms with van der Waals surface area (Å²) in [6.45, 7) is 5.85. The maximum Gasteiger partial charge on any atom is 0.311 e. The van der Waals surface area contributed by atoms with Gasteiger partial charge in [0, 0.05) is 50.5 Å². The highest BCUT2D eigenvalue weighted by molar-refractivity contribution is 7.89. The summed E-state index contributed by atoms with van der Waals surface area (Å²) in [7, 11) is -2.61. The van der Waals surface area contributed by atoms with Crippen LogP contribution in [0.5, 0.6) is 5.75 Å². The molecule has 0 unspecified atom stereocenters. The van der Waals surface area contributed by atoms with Crippen LogP contribution in [0.25, 0.3) is 0 Å². The standard InChI is InChI=1S/C24H30FN5O6S/c1-13(2)8-26-23(32)24(33)30-9-15-12-36-21-19(37(34,35)28-18(15)10-30)11-29(4)20(21)22(31)27-16-5-6-17(25)14(3)7-16/h5-7,11,13,15,18,28H,8-10,12H2,1-4H3,(H,26,32)(H,27,31)/t15-,18-/m0/s1. The molecule has 1 fully saturated rings. The Kier molecular flexibility index (Phi) is 7.29. The maximum absolute atomic E-state index is 13.6. The lowest BCUT2D eigenvalue weighted by Gasteiger charge is -2.23. The molecule has 13 heteroatoms. The fourth-order valence-corrected chi connectivity index (χ4v) is 5.88. The summed E-state index contributed by atoms with van der Waals surface area (Å²) < 4.78 is 50.0. The largest absolute Gasteiger partial charge is 0.489 e. The number of anilines is 1. The number of fused-ring (bicyclic) bond motifs is 2. The van der Waals surface area contributed by atoms with Crippen molar-refractivity contribution < 1.29 is 31.9 Å². The number of amides is 3. The van der Waals surface area contributed by atoms with Crippen LogP contribution in [0.4, 0.5) is 10.1 Å². The van der Waals surface area contributed by atoms with Gasteiger partial charge in [0.1, 0.15) is 10.7 Å². The minimum atomic E-state index is -4.13. The van der Waals surface area contributed by atoms with Crippen LogP contribution < -0.4 is 20.1 Å². The summed E-state index contributed by atoms with van der Waals surface area (Å²) in [6.07, 6.45) is 1.28. The topological polar surface area (TPSA) is 139 Å². The molecule has 0 bridgehead atoms. The van der Waals surface area contributed by atoms with Crippen molar-refractivity contribution in [2.24, 2.45) is 18.9 Å². The second kappa shape index (κ2) is 10.1. The van der Waals surface area contributed by atoms with E-state index in [0.717, 1.165) is 0 Å². The Balaban J connectivity index is 1.55. The van der Waals surface area contributed by atoms with E-state index in [1.54, 1.807) is 6.92 Å². The Morgan fingerprint density at radius 2 is 1.97 bits per heavy atom. The fraction of sp³-hybridized carbons (Fsp3) is 0.458. The average molecular weight is 536 g/mol. The number of sulfonamides is 1. The van der Waals surface area contributed by atoms with E-state index in [0.29, 0.717) is 17.8 Å². The number of carbonyl (C=O) groups excluding carboxylic acids is 3. The van der Waals surface area contributed by atoms with E-state index in [4.69, 9.17) is 4.74 Å². The number of aromatic nitrogens is 1. The van der Waals surface area contributed by atoms with Crippen LogP contribution in [0, 0.1) is 24.6 Å². The molecular formula is C24H30FN5O6S. The molecule has 0 saturated carbocycles. The summed E-state index contributed by atoms with van der Waals surface area (Å²) in [6, 6.07) is 3.42. The lowest BCUT2D eigenvalue weighted by atomic mass is 10.1. The van der Waals surface area contributed by atoms with Gasteiger partial charge in [0.2, 0.25) is 10.0 Å². The molecule has 3 amide bonds. The number of carbonyl (C=O) groups is 3. The van der Waals surface area contributed by atoms with Gasteiger partial charge in [-0.25, -0.2) is 17.5 Å². The van der Waals surface area contributed by atoms with Gasteiger partial charge in [-0.1, -0.05) is 13.8 Å². The molecule has 200 valence electrons. The van der Waals surface area contributed by atoms with Crippen LogP contribution in [0.15, 0.2) is 29.3 Å². The van der Waals surface area contributed by atoms with Gasteiger partial charge in [-0.05, 0) is 36.6 Å². The van der Waals surface area contributed by atoms with Crippen molar-refractivity contribution in [1.29, 1.82) is 0 Å². The first-order chi connectivity index (χ1) is 17.4. The number of rotatable bonds is 4. The molecule has 1 saturated heterocycles. The number of aryl methyl sites for hydroxylation is 2. The zero-order valence-corrected chi connectivity index (χ0v) is 21.8. The van der Waals surface area contributed by atoms with E-state index in [2.05, 4.69) is 15.4 Å². The first kappa shape index (κ1) is 26.6. The minimum Gasteiger partial charge on any atom is -0.489 e. The SMILES string of the molecule is Cc1cc(NC(=O)c2c3c(cn2C)S(=O)(=O)N[C@H]2CN(C(=O)C(=O)NCC(C)C)C[C@H]2CO3)ccc1F. The number of ether oxygens (including phenoxy) is 1. The maximum atomic E-state index is 13.6. The Morgan fingerprint density at radius 1 is 1.24 bits per heavy atom. The van der Waals surface area contributed by atoms with Crippen LogP contribution in [0.1, 0.15) is 29.9 Å². The molecule has 0 spiro atoms. The summed E-state index contributed by atoms with van der Waals surface area (Å²) in [4.78, 5) is 39.1. The molecule has 4 rings (SSSR count). The van der Waals surface area contributed by atoms with Crippen LogP contribution in [0.3, 0.4) is 0 Å². The number of likely N-dealkylation sites (tertiary alicyclic amines) is 1. The predicted molar refractivity (Wildman–Crippen MR) is 132 cm³/mol. The highest BCUT2D eigenvalue weighted by Gasteiger charge is 2.43. The fourth-order valence-electron chi connectivity index (χ4n) is 4.39. The lowest BCUT2D eigenvalue weighted by Crippen LogP contribution is -2.45. The van der Waals surface area contributed by atoms with Gasteiger partial charge in [0.05, 0.1) is 6.61 Å². The Labute approximate surface area is 214 Å². The van der Waals surface area contributed by atoms with Crippen molar-refractivity contribution >= 4 is 33.4 Å². The molecule has 37 heavy (non-hydrogen) atoms. The number of hydrogen-bond donors (Lipinski definition) is 3. The summed E-state index contributed by atoms with van der Waals surface area (Å²) in [5.74, 6) is -2.93. The van der Waals surface area contributed by atoms with Crippen molar-refractivity contribution in [2.75, 3.05) is 31.6 Å². The van der Waals surface area contributed by atoms with Gasteiger partial charge < -0.3 is 24.8 Å². The molecule has 3 N–H and O–H groups in total. The van der Waals surface area contributed by atoms with Crippen molar-refractivity contribution in [1.82, 2.24) is 19.5 Å². The molecule has 0 aliphatic carbocycles. The highest BCUT2D eigenvalue weighted by Crippen LogP contribution is 2.34.